The molecule has 5 amide bonds. The first-order valence-electron chi connectivity index (χ1n) is 9.44. The summed E-state index contributed by atoms with van der Waals surface area (Å²) in [5, 5.41) is 8.16. The van der Waals surface area contributed by atoms with Crippen LogP contribution in [-0.4, -0.2) is 37.7 Å². The number of anilines is 2. The molecule has 1 aliphatic rings. The SMILES string of the molecule is CC[C@@H]1NC(=O)N(c2cccc(NC(=O)NCCc3ccc(OC)cc3)c2)C1=O. The third kappa shape index (κ3) is 4.84. The second-order valence-corrected chi connectivity index (χ2v) is 6.61. The van der Waals surface area contributed by atoms with Crippen LogP contribution in [0.25, 0.3) is 0 Å². The number of benzene rings is 2. The number of rotatable bonds is 7. The Kier molecular flexibility index (Phi) is 6.33. The van der Waals surface area contributed by atoms with Crippen molar-refractivity contribution in [3.05, 3.63) is 54.1 Å². The van der Waals surface area contributed by atoms with E-state index in [0.29, 0.717) is 30.8 Å². The summed E-state index contributed by atoms with van der Waals surface area (Å²) in [5.41, 5.74) is 1.99. The van der Waals surface area contributed by atoms with Crippen LogP contribution in [0.2, 0.25) is 0 Å². The molecule has 3 N–H and O–H groups in total. The zero-order chi connectivity index (χ0) is 20.8. The van der Waals surface area contributed by atoms with Gasteiger partial charge in [0.1, 0.15) is 11.8 Å². The number of urea groups is 2. The highest BCUT2D eigenvalue weighted by molar-refractivity contribution is 6.21. The molecule has 1 fully saturated rings. The summed E-state index contributed by atoms with van der Waals surface area (Å²) in [6.07, 6.45) is 1.20. The van der Waals surface area contributed by atoms with E-state index in [1.54, 1.807) is 31.4 Å². The summed E-state index contributed by atoms with van der Waals surface area (Å²) in [6.45, 7) is 2.30. The summed E-state index contributed by atoms with van der Waals surface area (Å²) < 4.78 is 5.12. The molecule has 0 radical (unpaired) electrons. The van der Waals surface area contributed by atoms with Crippen LogP contribution >= 0.6 is 0 Å². The summed E-state index contributed by atoms with van der Waals surface area (Å²) >= 11 is 0. The van der Waals surface area contributed by atoms with Crippen LogP contribution in [-0.2, 0) is 11.2 Å². The van der Waals surface area contributed by atoms with Crippen molar-refractivity contribution in [1.29, 1.82) is 0 Å². The molecule has 8 heteroatoms. The minimum absolute atomic E-state index is 0.293. The Hall–Kier alpha value is -3.55. The molecular formula is C21H24N4O4. The Morgan fingerprint density at radius 3 is 2.59 bits per heavy atom. The van der Waals surface area contributed by atoms with E-state index in [9.17, 15) is 14.4 Å². The average molecular weight is 396 g/mol. The molecule has 29 heavy (non-hydrogen) atoms. The van der Waals surface area contributed by atoms with E-state index >= 15 is 0 Å². The smallest absolute Gasteiger partial charge is 0.329 e. The van der Waals surface area contributed by atoms with E-state index in [0.717, 1.165) is 16.2 Å². The van der Waals surface area contributed by atoms with Gasteiger partial charge in [0.15, 0.2) is 0 Å². The van der Waals surface area contributed by atoms with Gasteiger partial charge in [0, 0.05) is 12.2 Å². The van der Waals surface area contributed by atoms with Gasteiger partial charge in [-0.25, -0.2) is 14.5 Å². The Labute approximate surface area is 169 Å². The number of amides is 5. The van der Waals surface area contributed by atoms with Crippen molar-refractivity contribution >= 4 is 29.3 Å². The molecule has 0 saturated carbocycles. The molecule has 2 aromatic carbocycles. The number of carbonyl (C=O) groups is 3. The summed E-state index contributed by atoms with van der Waals surface area (Å²) in [7, 11) is 1.62. The number of nitrogens with zero attached hydrogens (tertiary/aromatic N) is 1. The van der Waals surface area contributed by atoms with E-state index in [4.69, 9.17) is 4.74 Å². The standard InChI is InChI=1S/C21H24N4O4/c1-3-18-19(26)25(21(28)24-18)16-6-4-5-15(13-16)23-20(27)22-12-11-14-7-9-17(29-2)10-8-14/h4-10,13,18H,3,11-12H2,1-2H3,(H,24,28)(H2,22,23,27)/t18-/m0/s1. The van der Waals surface area contributed by atoms with Gasteiger partial charge in [-0.1, -0.05) is 25.1 Å². The van der Waals surface area contributed by atoms with E-state index in [1.165, 1.54) is 0 Å². The number of carbonyl (C=O) groups excluding carboxylic acids is 3. The van der Waals surface area contributed by atoms with E-state index in [2.05, 4.69) is 16.0 Å². The average Bonchev–Trinajstić information content (AvgIpc) is 3.02. The first-order valence-corrected chi connectivity index (χ1v) is 9.44. The Balaban J connectivity index is 1.55. The van der Waals surface area contributed by atoms with Crippen LogP contribution in [0.5, 0.6) is 5.75 Å². The van der Waals surface area contributed by atoms with Gasteiger partial charge in [0.05, 0.1) is 12.8 Å². The minimum Gasteiger partial charge on any atom is -0.497 e. The normalized spacial score (nSPS) is 15.8. The topological polar surface area (TPSA) is 99.8 Å². The van der Waals surface area contributed by atoms with Crippen molar-refractivity contribution < 1.29 is 19.1 Å². The summed E-state index contributed by atoms with van der Waals surface area (Å²) in [5.74, 6) is 0.494. The van der Waals surface area contributed by atoms with Crippen LogP contribution in [0.4, 0.5) is 21.0 Å². The molecule has 0 unspecified atom stereocenters. The lowest BCUT2D eigenvalue weighted by atomic mass is 10.1. The fourth-order valence-electron chi connectivity index (χ4n) is 3.06. The first-order chi connectivity index (χ1) is 14.0. The maximum Gasteiger partial charge on any atom is 0.329 e. The Bertz CT molecular complexity index is 898. The number of ether oxygens (including phenoxy) is 1. The van der Waals surface area contributed by atoms with Crippen LogP contribution in [0, 0.1) is 0 Å². The van der Waals surface area contributed by atoms with Gasteiger partial charge in [-0.15, -0.1) is 0 Å². The molecule has 0 spiro atoms. The van der Waals surface area contributed by atoms with E-state index in [1.807, 2.05) is 31.2 Å². The summed E-state index contributed by atoms with van der Waals surface area (Å²) in [4.78, 5) is 37.7. The van der Waals surface area contributed by atoms with Crippen molar-refractivity contribution in [2.75, 3.05) is 23.9 Å². The van der Waals surface area contributed by atoms with Crippen LogP contribution in [0.15, 0.2) is 48.5 Å². The molecule has 2 aromatic rings. The van der Waals surface area contributed by atoms with Crippen molar-refractivity contribution in [2.24, 2.45) is 0 Å². The molecule has 152 valence electrons. The molecule has 8 nitrogen and oxygen atoms in total. The van der Waals surface area contributed by atoms with Gasteiger partial charge in [-0.3, -0.25) is 4.79 Å². The van der Waals surface area contributed by atoms with E-state index < -0.39 is 12.1 Å². The lowest BCUT2D eigenvalue weighted by molar-refractivity contribution is -0.118. The van der Waals surface area contributed by atoms with Crippen LogP contribution in [0.3, 0.4) is 0 Å². The second kappa shape index (κ2) is 9.09. The first kappa shape index (κ1) is 20.2. The third-order valence-electron chi connectivity index (χ3n) is 4.65. The van der Waals surface area contributed by atoms with Crippen molar-refractivity contribution in [3.8, 4) is 5.75 Å². The zero-order valence-electron chi connectivity index (χ0n) is 16.4. The number of methoxy groups -OCH3 is 1. The largest absolute Gasteiger partial charge is 0.497 e. The molecule has 1 atom stereocenters. The van der Waals surface area contributed by atoms with Gasteiger partial charge in [-0.2, -0.15) is 0 Å². The quantitative estimate of drug-likeness (QED) is 0.627. The van der Waals surface area contributed by atoms with Crippen LogP contribution < -0.4 is 25.6 Å². The molecule has 1 heterocycles. The molecular weight excluding hydrogens is 372 g/mol. The molecule has 0 bridgehead atoms. The predicted octanol–water partition coefficient (Wildman–Crippen LogP) is 2.89. The fraction of sp³-hybridized carbons (Fsp3) is 0.286. The summed E-state index contributed by atoms with van der Waals surface area (Å²) in [6, 6.07) is 12.9. The van der Waals surface area contributed by atoms with Gasteiger partial charge in [0.2, 0.25) is 0 Å². The Morgan fingerprint density at radius 1 is 1.17 bits per heavy atom. The highest BCUT2D eigenvalue weighted by Crippen LogP contribution is 2.23. The lowest BCUT2D eigenvalue weighted by Gasteiger charge is -2.15. The van der Waals surface area contributed by atoms with Crippen molar-refractivity contribution in [3.63, 3.8) is 0 Å². The van der Waals surface area contributed by atoms with Crippen molar-refractivity contribution in [2.45, 2.75) is 25.8 Å². The van der Waals surface area contributed by atoms with Crippen molar-refractivity contribution in [1.82, 2.24) is 10.6 Å². The molecule has 0 aliphatic carbocycles. The van der Waals surface area contributed by atoms with Gasteiger partial charge in [-0.05, 0) is 48.7 Å². The molecule has 1 saturated heterocycles. The molecule has 0 aromatic heterocycles. The monoisotopic (exact) mass is 396 g/mol. The molecule has 3 rings (SSSR count). The fourth-order valence-corrected chi connectivity index (χ4v) is 3.06. The van der Waals surface area contributed by atoms with Gasteiger partial charge >= 0.3 is 12.1 Å². The predicted molar refractivity (Wildman–Crippen MR) is 110 cm³/mol. The van der Waals surface area contributed by atoms with Gasteiger partial charge in [0.25, 0.3) is 5.91 Å². The Morgan fingerprint density at radius 2 is 1.93 bits per heavy atom. The number of nitrogens with one attached hydrogen (secondary N) is 3. The number of hydrogen-bond donors (Lipinski definition) is 3. The van der Waals surface area contributed by atoms with Gasteiger partial charge < -0.3 is 20.7 Å². The number of imide groups is 1. The van der Waals surface area contributed by atoms with Crippen LogP contribution in [0.1, 0.15) is 18.9 Å². The highest BCUT2D eigenvalue weighted by atomic mass is 16.5. The molecule has 1 aliphatic heterocycles. The maximum atomic E-state index is 12.3. The minimum atomic E-state index is -0.514. The third-order valence-corrected chi connectivity index (χ3v) is 4.65. The lowest BCUT2D eigenvalue weighted by Crippen LogP contribution is -2.32. The number of hydrogen-bond acceptors (Lipinski definition) is 4. The highest BCUT2D eigenvalue weighted by Gasteiger charge is 2.37. The maximum absolute atomic E-state index is 12.3. The zero-order valence-corrected chi connectivity index (χ0v) is 16.4. The second-order valence-electron chi connectivity index (χ2n) is 6.61. The van der Waals surface area contributed by atoms with E-state index in [-0.39, 0.29) is 11.9 Å².